The third kappa shape index (κ3) is 3.38. The monoisotopic (exact) mass is 284 g/mol. The zero-order valence-corrected chi connectivity index (χ0v) is 12.5. The molecule has 0 saturated heterocycles. The molecule has 1 saturated carbocycles. The summed E-state index contributed by atoms with van der Waals surface area (Å²) in [6, 6.07) is 0. The molecule has 0 aliphatic heterocycles. The molecule has 0 aromatic rings. The summed E-state index contributed by atoms with van der Waals surface area (Å²) >= 11 is 0. The molecule has 0 amide bonds. The van der Waals surface area contributed by atoms with Gasteiger partial charge in [0.2, 0.25) is 0 Å². The Morgan fingerprint density at radius 1 is 1.00 bits per heavy atom. The van der Waals surface area contributed by atoms with Gasteiger partial charge < -0.3 is 10.2 Å². The third-order valence-corrected chi connectivity index (χ3v) is 4.21. The Kier molecular flexibility index (Phi) is 5.31. The molecule has 1 aliphatic carbocycles. The molecule has 0 radical (unpaired) electrons. The van der Waals surface area contributed by atoms with Crippen LogP contribution in [0, 0.1) is 35.5 Å². The third-order valence-electron chi connectivity index (χ3n) is 4.21. The number of rotatable bonds is 6. The average molecular weight is 284 g/mol. The predicted molar refractivity (Wildman–Crippen MR) is 73.1 cm³/mol. The molecule has 2 N–H and O–H groups in total. The summed E-state index contributed by atoms with van der Waals surface area (Å²) in [6.07, 6.45) is 0.367. The van der Waals surface area contributed by atoms with Crippen molar-refractivity contribution in [3.05, 3.63) is 0 Å². The van der Waals surface area contributed by atoms with Crippen LogP contribution in [0.2, 0.25) is 0 Å². The van der Waals surface area contributed by atoms with Crippen LogP contribution in [0.25, 0.3) is 0 Å². The summed E-state index contributed by atoms with van der Waals surface area (Å²) < 4.78 is 0. The van der Waals surface area contributed by atoms with Crippen molar-refractivity contribution in [1.29, 1.82) is 0 Å². The van der Waals surface area contributed by atoms with E-state index in [1.165, 1.54) is 0 Å². The molecular weight excluding hydrogens is 260 g/mol. The summed E-state index contributed by atoms with van der Waals surface area (Å²) in [4.78, 5) is 35.2. The minimum Gasteiger partial charge on any atom is -0.481 e. The van der Waals surface area contributed by atoms with Gasteiger partial charge in [0.1, 0.15) is 5.78 Å². The number of carbonyl (C=O) groups is 3. The van der Waals surface area contributed by atoms with E-state index < -0.39 is 29.7 Å². The smallest absolute Gasteiger partial charge is 0.307 e. The molecule has 114 valence electrons. The summed E-state index contributed by atoms with van der Waals surface area (Å²) in [5, 5.41) is 18.6. The quantitative estimate of drug-likeness (QED) is 0.780. The number of aliphatic carboxylic acids is 2. The number of carboxylic acids is 2. The number of ketones is 1. The van der Waals surface area contributed by atoms with Crippen molar-refractivity contribution < 1.29 is 24.6 Å². The Morgan fingerprint density at radius 2 is 1.50 bits per heavy atom. The van der Waals surface area contributed by atoms with Gasteiger partial charge in [-0.25, -0.2) is 0 Å². The molecule has 0 spiro atoms. The number of hydrogen-bond donors (Lipinski definition) is 2. The van der Waals surface area contributed by atoms with E-state index in [0.29, 0.717) is 6.42 Å². The number of Topliss-reactive ketones (excluding diaryl/α,β-unsaturated/α-hetero) is 1. The van der Waals surface area contributed by atoms with Crippen LogP contribution in [-0.2, 0) is 14.4 Å². The van der Waals surface area contributed by atoms with Crippen LogP contribution in [-0.4, -0.2) is 27.9 Å². The van der Waals surface area contributed by atoms with E-state index in [1.807, 2.05) is 27.7 Å². The Bertz CT molecular complexity index is 399. The van der Waals surface area contributed by atoms with Gasteiger partial charge in [-0.15, -0.1) is 0 Å². The largest absolute Gasteiger partial charge is 0.481 e. The van der Waals surface area contributed by atoms with Crippen molar-refractivity contribution in [2.75, 3.05) is 0 Å². The van der Waals surface area contributed by atoms with Crippen LogP contribution in [0.1, 0.15) is 40.5 Å². The first kappa shape index (κ1) is 16.7. The minimum absolute atomic E-state index is 0.0263. The van der Waals surface area contributed by atoms with E-state index in [1.54, 1.807) is 0 Å². The van der Waals surface area contributed by atoms with E-state index in [9.17, 15) is 24.6 Å². The molecule has 1 aliphatic rings. The summed E-state index contributed by atoms with van der Waals surface area (Å²) in [5.74, 6) is -4.69. The molecule has 0 unspecified atom stereocenters. The van der Waals surface area contributed by atoms with E-state index >= 15 is 0 Å². The molecule has 5 nitrogen and oxygen atoms in total. The first-order valence-corrected chi connectivity index (χ1v) is 7.15. The number of hydrogen-bond acceptors (Lipinski definition) is 3. The Hall–Kier alpha value is -1.39. The second-order valence-electron chi connectivity index (χ2n) is 6.54. The maximum Gasteiger partial charge on any atom is 0.307 e. The van der Waals surface area contributed by atoms with E-state index in [4.69, 9.17) is 0 Å². The van der Waals surface area contributed by atoms with Gasteiger partial charge in [-0.1, -0.05) is 27.7 Å². The lowest BCUT2D eigenvalue weighted by molar-refractivity contribution is -0.146. The van der Waals surface area contributed by atoms with Crippen molar-refractivity contribution in [3.8, 4) is 0 Å². The van der Waals surface area contributed by atoms with Crippen molar-refractivity contribution in [1.82, 2.24) is 0 Å². The minimum atomic E-state index is -1.05. The van der Waals surface area contributed by atoms with Crippen LogP contribution < -0.4 is 0 Å². The van der Waals surface area contributed by atoms with Crippen molar-refractivity contribution in [2.45, 2.75) is 40.5 Å². The van der Waals surface area contributed by atoms with Gasteiger partial charge in [-0.3, -0.25) is 14.4 Å². The zero-order valence-electron chi connectivity index (χ0n) is 12.5. The highest BCUT2D eigenvalue weighted by Crippen LogP contribution is 2.47. The van der Waals surface area contributed by atoms with E-state index in [0.717, 1.165) is 0 Å². The fourth-order valence-corrected chi connectivity index (χ4v) is 3.47. The SMILES string of the molecule is CC(C)CC(=O)[C@@H]1[C@@H](C(C)C)[C@H](C(=O)O)C[C@@H]1C(=O)O. The normalized spacial score (nSPS) is 29.9. The Labute approximate surface area is 119 Å². The first-order chi connectivity index (χ1) is 9.16. The molecule has 1 rings (SSSR count). The summed E-state index contributed by atoms with van der Waals surface area (Å²) in [5.41, 5.74) is 0. The van der Waals surface area contributed by atoms with Gasteiger partial charge in [0.15, 0.2) is 0 Å². The van der Waals surface area contributed by atoms with Crippen molar-refractivity contribution in [2.24, 2.45) is 35.5 Å². The Balaban J connectivity index is 3.13. The van der Waals surface area contributed by atoms with Gasteiger partial charge in [0.25, 0.3) is 0 Å². The average Bonchev–Trinajstić information content (AvgIpc) is 2.67. The molecule has 4 atom stereocenters. The molecule has 0 aromatic carbocycles. The van der Waals surface area contributed by atoms with E-state index in [-0.39, 0.29) is 30.0 Å². The fourth-order valence-electron chi connectivity index (χ4n) is 3.47. The van der Waals surface area contributed by atoms with Crippen LogP contribution >= 0.6 is 0 Å². The van der Waals surface area contributed by atoms with Gasteiger partial charge in [-0.05, 0) is 24.2 Å². The second kappa shape index (κ2) is 6.37. The lowest BCUT2D eigenvalue weighted by Gasteiger charge is -2.27. The van der Waals surface area contributed by atoms with Crippen LogP contribution in [0.4, 0.5) is 0 Å². The molecule has 5 heteroatoms. The molecule has 1 fully saturated rings. The Morgan fingerprint density at radius 3 is 1.85 bits per heavy atom. The van der Waals surface area contributed by atoms with Gasteiger partial charge in [0.05, 0.1) is 11.8 Å². The van der Waals surface area contributed by atoms with Crippen LogP contribution in [0.5, 0.6) is 0 Å². The number of carboxylic acid groups (broad SMARTS) is 2. The van der Waals surface area contributed by atoms with Crippen molar-refractivity contribution >= 4 is 17.7 Å². The molecular formula is C15H24O5. The van der Waals surface area contributed by atoms with Crippen LogP contribution in [0.15, 0.2) is 0 Å². The van der Waals surface area contributed by atoms with E-state index in [2.05, 4.69) is 0 Å². The summed E-state index contributed by atoms with van der Waals surface area (Å²) in [7, 11) is 0. The lowest BCUT2D eigenvalue weighted by atomic mass is 9.75. The van der Waals surface area contributed by atoms with Gasteiger partial charge >= 0.3 is 11.9 Å². The van der Waals surface area contributed by atoms with Crippen molar-refractivity contribution in [3.63, 3.8) is 0 Å². The highest BCUT2D eigenvalue weighted by atomic mass is 16.4. The predicted octanol–water partition coefficient (Wildman–Crippen LogP) is 2.30. The standard InChI is InChI=1S/C15H24O5/c1-7(2)5-11(16)13-10(15(19)20)6-9(14(17)18)12(13)8(3)4/h7-10,12-13H,5-6H2,1-4H3,(H,17,18)(H,19,20)/t9-,10+,12+,13-/m1/s1. The molecule has 0 aromatic heterocycles. The highest BCUT2D eigenvalue weighted by Gasteiger charge is 2.53. The number of carbonyl (C=O) groups excluding carboxylic acids is 1. The highest BCUT2D eigenvalue weighted by molar-refractivity contribution is 5.89. The summed E-state index contributed by atoms with van der Waals surface area (Å²) in [6.45, 7) is 7.53. The maximum absolute atomic E-state index is 12.4. The first-order valence-electron chi connectivity index (χ1n) is 7.15. The molecule has 0 bridgehead atoms. The maximum atomic E-state index is 12.4. The van der Waals surface area contributed by atoms with Gasteiger partial charge in [-0.2, -0.15) is 0 Å². The topological polar surface area (TPSA) is 91.7 Å². The molecule has 0 heterocycles. The second-order valence-corrected chi connectivity index (χ2v) is 6.54. The fraction of sp³-hybridized carbons (Fsp3) is 0.800. The lowest BCUT2D eigenvalue weighted by Crippen LogP contribution is -2.34. The zero-order chi connectivity index (χ0) is 15.6. The molecule has 20 heavy (non-hydrogen) atoms. The van der Waals surface area contributed by atoms with Gasteiger partial charge in [0, 0.05) is 12.3 Å². The van der Waals surface area contributed by atoms with Crippen LogP contribution in [0.3, 0.4) is 0 Å².